The van der Waals surface area contributed by atoms with E-state index in [9.17, 15) is 4.79 Å². The summed E-state index contributed by atoms with van der Waals surface area (Å²) in [7, 11) is 1.88. The van der Waals surface area contributed by atoms with Crippen molar-refractivity contribution in [2.75, 3.05) is 25.0 Å². The van der Waals surface area contributed by atoms with Crippen molar-refractivity contribution in [3.8, 4) is 0 Å². The molecule has 2 aromatic carbocycles. The minimum Gasteiger partial charge on any atom is -0.371 e. The van der Waals surface area contributed by atoms with Crippen LogP contribution in [0.15, 0.2) is 46.9 Å². The number of carbonyl (C=O) groups is 1. The van der Waals surface area contributed by atoms with E-state index >= 15 is 0 Å². The largest absolute Gasteiger partial charge is 0.371 e. The van der Waals surface area contributed by atoms with Crippen LogP contribution in [0.5, 0.6) is 0 Å². The molecule has 1 amide bonds. The molecule has 3 rings (SSSR count). The van der Waals surface area contributed by atoms with Crippen LogP contribution in [0.4, 0.5) is 5.69 Å². The zero-order valence-corrected chi connectivity index (χ0v) is 15.8. The van der Waals surface area contributed by atoms with Gasteiger partial charge in [0.15, 0.2) is 0 Å². The number of benzene rings is 2. The van der Waals surface area contributed by atoms with Gasteiger partial charge in [-0.2, -0.15) is 0 Å². The Morgan fingerprint density at radius 3 is 2.58 bits per heavy atom. The van der Waals surface area contributed by atoms with Crippen molar-refractivity contribution in [1.29, 1.82) is 0 Å². The number of halogens is 1. The number of rotatable bonds is 4. The molecule has 1 aliphatic rings. The number of anilines is 1. The smallest absolute Gasteiger partial charge is 0.254 e. The van der Waals surface area contributed by atoms with Gasteiger partial charge in [-0.1, -0.05) is 34.1 Å². The highest BCUT2D eigenvalue weighted by molar-refractivity contribution is 9.10. The van der Waals surface area contributed by atoms with Crippen LogP contribution in [-0.4, -0.2) is 30.9 Å². The lowest BCUT2D eigenvalue weighted by molar-refractivity contribution is 0.0784. The Bertz CT molecular complexity index is 738. The van der Waals surface area contributed by atoms with Gasteiger partial charge in [0.1, 0.15) is 0 Å². The summed E-state index contributed by atoms with van der Waals surface area (Å²) in [6.07, 6.45) is 2.50. The molecule has 0 saturated carbocycles. The van der Waals surface area contributed by atoms with Gasteiger partial charge in [0.05, 0.1) is 0 Å². The number of nitrogens with zero attached hydrogens (tertiary/aromatic N) is 2. The molecule has 1 aliphatic heterocycles. The second-order valence-electron chi connectivity index (χ2n) is 6.44. The Morgan fingerprint density at radius 1 is 1.17 bits per heavy atom. The van der Waals surface area contributed by atoms with Gasteiger partial charge in [-0.05, 0) is 55.2 Å². The fourth-order valence-corrected chi connectivity index (χ4v) is 3.79. The number of aryl methyl sites for hydroxylation is 1. The molecule has 0 N–H and O–H groups in total. The van der Waals surface area contributed by atoms with Crippen molar-refractivity contribution in [3.05, 3.63) is 63.6 Å². The molecule has 1 heterocycles. The van der Waals surface area contributed by atoms with E-state index in [-0.39, 0.29) is 5.91 Å². The van der Waals surface area contributed by atoms with E-state index in [2.05, 4.69) is 45.1 Å². The Balaban J connectivity index is 1.79. The van der Waals surface area contributed by atoms with E-state index in [0.29, 0.717) is 6.54 Å². The molecule has 0 unspecified atom stereocenters. The minimum absolute atomic E-state index is 0.0659. The monoisotopic (exact) mass is 386 g/mol. The third-order valence-electron chi connectivity index (χ3n) is 4.61. The molecular formula is C20H23BrN2O. The van der Waals surface area contributed by atoms with Gasteiger partial charge < -0.3 is 9.80 Å². The topological polar surface area (TPSA) is 23.6 Å². The van der Waals surface area contributed by atoms with E-state index in [0.717, 1.165) is 28.7 Å². The fraction of sp³-hybridized carbons (Fsp3) is 0.350. The highest BCUT2D eigenvalue weighted by Gasteiger charge is 2.19. The third kappa shape index (κ3) is 3.64. The first-order valence-electron chi connectivity index (χ1n) is 8.41. The number of carbonyl (C=O) groups excluding carboxylic acids is 1. The second-order valence-corrected chi connectivity index (χ2v) is 7.36. The van der Waals surface area contributed by atoms with Crippen molar-refractivity contribution in [2.45, 2.75) is 26.3 Å². The van der Waals surface area contributed by atoms with Crippen molar-refractivity contribution >= 4 is 27.5 Å². The lowest BCUT2D eigenvalue weighted by atomic mass is 10.1. The van der Waals surface area contributed by atoms with Crippen molar-refractivity contribution in [3.63, 3.8) is 0 Å². The van der Waals surface area contributed by atoms with E-state index in [1.54, 1.807) is 0 Å². The third-order valence-corrected chi connectivity index (χ3v) is 5.10. The van der Waals surface area contributed by atoms with Crippen LogP contribution in [0.2, 0.25) is 0 Å². The van der Waals surface area contributed by atoms with Gasteiger partial charge in [0, 0.05) is 42.4 Å². The van der Waals surface area contributed by atoms with Gasteiger partial charge in [-0.3, -0.25) is 4.79 Å². The first-order valence-corrected chi connectivity index (χ1v) is 9.20. The Hall–Kier alpha value is -1.81. The van der Waals surface area contributed by atoms with Crippen LogP contribution >= 0.6 is 15.9 Å². The van der Waals surface area contributed by atoms with Crippen LogP contribution in [0.3, 0.4) is 0 Å². The summed E-state index contributed by atoms with van der Waals surface area (Å²) < 4.78 is 0.999. The molecule has 1 fully saturated rings. The Morgan fingerprint density at radius 2 is 1.88 bits per heavy atom. The van der Waals surface area contributed by atoms with E-state index in [1.165, 1.54) is 24.1 Å². The molecule has 0 bridgehead atoms. The minimum atomic E-state index is 0.0659. The maximum absolute atomic E-state index is 12.8. The maximum atomic E-state index is 12.8. The van der Waals surface area contributed by atoms with Crippen LogP contribution in [0.25, 0.3) is 0 Å². The standard InChI is InChI=1S/C20H23BrN2O/c1-15-13-17(21)9-10-18(15)20(24)22(2)14-16-7-3-4-8-19(16)23-11-5-6-12-23/h3-4,7-10,13H,5-6,11-12,14H2,1-2H3. The molecule has 2 aromatic rings. The summed E-state index contributed by atoms with van der Waals surface area (Å²) in [5, 5.41) is 0. The van der Waals surface area contributed by atoms with Crippen molar-refractivity contribution in [2.24, 2.45) is 0 Å². The number of hydrogen-bond acceptors (Lipinski definition) is 2. The zero-order valence-electron chi connectivity index (χ0n) is 14.3. The van der Waals surface area contributed by atoms with Gasteiger partial charge >= 0.3 is 0 Å². The Kier molecular flexibility index (Phi) is 5.24. The lowest BCUT2D eigenvalue weighted by Gasteiger charge is -2.25. The number of hydrogen-bond donors (Lipinski definition) is 0. The van der Waals surface area contributed by atoms with E-state index in [4.69, 9.17) is 0 Å². The first-order chi connectivity index (χ1) is 11.6. The van der Waals surface area contributed by atoms with Crippen LogP contribution in [0.1, 0.15) is 34.3 Å². The molecule has 0 atom stereocenters. The molecule has 0 radical (unpaired) electrons. The van der Waals surface area contributed by atoms with Crippen molar-refractivity contribution in [1.82, 2.24) is 4.90 Å². The number of para-hydroxylation sites is 1. The van der Waals surface area contributed by atoms with Gasteiger partial charge in [0.25, 0.3) is 5.91 Å². The summed E-state index contributed by atoms with van der Waals surface area (Å²) in [5.41, 5.74) is 4.24. The molecule has 0 aliphatic carbocycles. The molecule has 0 spiro atoms. The van der Waals surface area contributed by atoms with Crippen molar-refractivity contribution < 1.29 is 4.79 Å². The quantitative estimate of drug-likeness (QED) is 0.764. The molecular weight excluding hydrogens is 364 g/mol. The van der Waals surface area contributed by atoms with Crippen LogP contribution < -0.4 is 4.90 Å². The lowest BCUT2D eigenvalue weighted by Crippen LogP contribution is -2.28. The Labute approximate surface area is 152 Å². The maximum Gasteiger partial charge on any atom is 0.254 e. The first kappa shape index (κ1) is 17.0. The average molecular weight is 387 g/mol. The van der Waals surface area contributed by atoms with Crippen LogP contribution in [0, 0.1) is 6.92 Å². The summed E-state index contributed by atoms with van der Waals surface area (Å²) >= 11 is 3.45. The highest BCUT2D eigenvalue weighted by atomic mass is 79.9. The average Bonchev–Trinajstić information content (AvgIpc) is 3.09. The molecule has 3 nitrogen and oxygen atoms in total. The van der Waals surface area contributed by atoms with E-state index in [1.807, 2.05) is 37.1 Å². The predicted octanol–water partition coefficient (Wildman–Crippen LogP) is 4.63. The highest BCUT2D eigenvalue weighted by Crippen LogP contribution is 2.26. The van der Waals surface area contributed by atoms with Gasteiger partial charge in [0.2, 0.25) is 0 Å². The van der Waals surface area contributed by atoms with E-state index < -0.39 is 0 Å². The summed E-state index contributed by atoms with van der Waals surface area (Å²) in [6, 6.07) is 14.2. The normalized spacial score (nSPS) is 14.0. The molecule has 4 heteroatoms. The summed E-state index contributed by atoms with van der Waals surface area (Å²) in [4.78, 5) is 17.1. The fourth-order valence-electron chi connectivity index (χ4n) is 3.31. The van der Waals surface area contributed by atoms with Gasteiger partial charge in [-0.25, -0.2) is 0 Å². The van der Waals surface area contributed by atoms with Gasteiger partial charge in [-0.15, -0.1) is 0 Å². The predicted molar refractivity (Wildman–Crippen MR) is 103 cm³/mol. The SMILES string of the molecule is Cc1cc(Br)ccc1C(=O)N(C)Cc1ccccc1N1CCCC1. The summed E-state index contributed by atoms with van der Waals surface area (Å²) in [5.74, 6) is 0.0659. The second kappa shape index (κ2) is 7.39. The zero-order chi connectivity index (χ0) is 17.1. The van der Waals surface area contributed by atoms with Crippen LogP contribution in [-0.2, 0) is 6.54 Å². The molecule has 0 aromatic heterocycles. The molecule has 126 valence electrons. The number of amides is 1. The molecule has 1 saturated heterocycles. The molecule has 24 heavy (non-hydrogen) atoms. The summed E-state index contributed by atoms with van der Waals surface area (Å²) in [6.45, 7) is 4.83.